The lowest BCUT2D eigenvalue weighted by Gasteiger charge is -2.30. The highest BCUT2D eigenvalue weighted by Crippen LogP contribution is 2.35. The van der Waals surface area contributed by atoms with E-state index in [9.17, 15) is 28.8 Å². The Morgan fingerprint density at radius 2 is 0.859 bits per heavy atom. The standard InChI is InChI=1S/C50H58N8O6/c1-31(35-19-9-7-10-20-35)53-47(61)43-29-37-23-13-17-27-41(37)57(43)49(63)39(55-45(59)33(3)51-5)25-15-16-26-40(56-46(60)34(4)52-6)50(64)58-42-28-18-14-24-38(42)30-44(58)48(62)54-32(2)36-21-11-8-12-22-36/h7-14,17-24,27-28,31-34,39-40,43-44,51-52H,25-26,29-30H2,1-6H3,(H,53,61)(H,54,62)(H,55,59)(H,56,60)/t31?,32?,33-,34-,39?,40?,43?,44?/m0/s1. The molecule has 6 unspecified atom stereocenters. The lowest BCUT2D eigenvalue weighted by Crippen LogP contribution is -2.57. The van der Waals surface area contributed by atoms with E-state index in [-0.39, 0.29) is 49.6 Å². The zero-order valence-electron chi connectivity index (χ0n) is 37.2. The van der Waals surface area contributed by atoms with Crippen molar-refractivity contribution in [1.82, 2.24) is 31.9 Å². The first-order valence-corrected chi connectivity index (χ1v) is 21.8. The summed E-state index contributed by atoms with van der Waals surface area (Å²) in [6.07, 6.45) is 0.191. The topological polar surface area (TPSA) is 181 Å². The molecule has 334 valence electrons. The zero-order valence-corrected chi connectivity index (χ0v) is 37.2. The van der Waals surface area contributed by atoms with Crippen molar-refractivity contribution in [2.24, 2.45) is 0 Å². The maximum atomic E-state index is 14.8. The van der Waals surface area contributed by atoms with Gasteiger partial charge in [-0.1, -0.05) is 97.1 Å². The predicted octanol–water partition coefficient (Wildman–Crippen LogP) is 3.63. The van der Waals surface area contributed by atoms with Gasteiger partial charge in [0.25, 0.3) is 11.8 Å². The Bertz CT molecular complexity index is 2220. The minimum Gasteiger partial charge on any atom is -0.348 e. The quantitative estimate of drug-likeness (QED) is 0.0925. The van der Waals surface area contributed by atoms with Crippen molar-refractivity contribution in [3.8, 4) is 11.8 Å². The normalized spacial score (nSPS) is 17.8. The van der Waals surface area contributed by atoms with Gasteiger partial charge in [-0.3, -0.25) is 38.6 Å². The van der Waals surface area contributed by atoms with Crippen molar-refractivity contribution < 1.29 is 28.8 Å². The third-order valence-corrected chi connectivity index (χ3v) is 12.0. The Morgan fingerprint density at radius 1 is 0.516 bits per heavy atom. The van der Waals surface area contributed by atoms with Gasteiger partial charge in [0.15, 0.2) is 0 Å². The van der Waals surface area contributed by atoms with Gasteiger partial charge < -0.3 is 31.9 Å². The van der Waals surface area contributed by atoms with Crippen LogP contribution in [0.4, 0.5) is 11.4 Å². The van der Waals surface area contributed by atoms with Crippen molar-refractivity contribution in [1.29, 1.82) is 0 Å². The minimum absolute atomic E-state index is 0.175. The average molecular weight is 867 g/mol. The van der Waals surface area contributed by atoms with Crippen LogP contribution in [-0.4, -0.2) is 85.8 Å². The number of carbonyl (C=O) groups excluding carboxylic acids is 6. The molecule has 6 rings (SSSR count). The van der Waals surface area contributed by atoms with Crippen LogP contribution in [0.3, 0.4) is 0 Å². The van der Waals surface area contributed by atoms with E-state index in [1.54, 1.807) is 52.2 Å². The second kappa shape index (κ2) is 21.5. The summed E-state index contributed by atoms with van der Waals surface area (Å²) >= 11 is 0. The third-order valence-electron chi connectivity index (χ3n) is 12.0. The summed E-state index contributed by atoms with van der Waals surface area (Å²) in [5, 5.41) is 17.6. The number of amides is 6. The number of benzene rings is 4. The molecule has 0 bridgehead atoms. The maximum Gasteiger partial charge on any atom is 0.251 e. The highest BCUT2D eigenvalue weighted by molar-refractivity contribution is 6.08. The van der Waals surface area contributed by atoms with Crippen LogP contribution in [0.5, 0.6) is 0 Å². The number of nitrogens with zero attached hydrogens (tertiary/aromatic N) is 2. The second-order valence-electron chi connectivity index (χ2n) is 16.3. The number of rotatable bonds is 16. The Morgan fingerprint density at radius 3 is 1.22 bits per heavy atom. The molecule has 6 amide bonds. The number of hydrogen-bond donors (Lipinski definition) is 6. The van der Waals surface area contributed by atoms with Gasteiger partial charge in [-0.05, 0) is 76.2 Å². The molecule has 14 heteroatoms. The van der Waals surface area contributed by atoms with Gasteiger partial charge >= 0.3 is 0 Å². The minimum atomic E-state index is -1.19. The first-order valence-electron chi connectivity index (χ1n) is 21.8. The van der Waals surface area contributed by atoms with E-state index in [4.69, 9.17) is 0 Å². The van der Waals surface area contributed by atoms with Crippen molar-refractivity contribution >= 4 is 46.8 Å². The Kier molecular flexibility index (Phi) is 15.7. The molecule has 0 saturated heterocycles. The molecule has 14 nitrogen and oxygen atoms in total. The molecule has 2 heterocycles. The van der Waals surface area contributed by atoms with Crippen molar-refractivity contribution in [2.75, 3.05) is 23.9 Å². The SMILES string of the molecule is CN[C@@H](C)C(=O)NC(CC#CCC(NC(=O)[C@H](C)NC)C(=O)N1c2ccccc2CC1C(=O)NC(C)c1ccccc1)C(=O)N1c2ccccc2CC1C(=O)NC(C)c1ccccc1. The summed E-state index contributed by atoms with van der Waals surface area (Å²) in [5.41, 5.74) is 4.54. The van der Waals surface area contributed by atoms with Crippen LogP contribution >= 0.6 is 0 Å². The summed E-state index contributed by atoms with van der Waals surface area (Å²) in [5.74, 6) is 3.37. The average Bonchev–Trinajstić information content (AvgIpc) is 3.91. The summed E-state index contributed by atoms with van der Waals surface area (Å²) in [4.78, 5) is 87.2. The summed E-state index contributed by atoms with van der Waals surface area (Å²) in [6, 6.07) is 27.4. The van der Waals surface area contributed by atoms with Gasteiger partial charge in [0.2, 0.25) is 23.6 Å². The third kappa shape index (κ3) is 10.9. The highest BCUT2D eigenvalue weighted by Gasteiger charge is 2.43. The lowest BCUT2D eigenvalue weighted by atomic mass is 10.1. The molecule has 0 radical (unpaired) electrons. The zero-order chi connectivity index (χ0) is 45.9. The van der Waals surface area contributed by atoms with Gasteiger partial charge in [-0.2, -0.15) is 0 Å². The Labute approximate surface area is 375 Å². The van der Waals surface area contributed by atoms with Gasteiger partial charge in [0.05, 0.1) is 24.2 Å². The number of carbonyl (C=O) groups is 6. The largest absolute Gasteiger partial charge is 0.348 e. The first-order chi connectivity index (χ1) is 30.8. The van der Waals surface area contributed by atoms with E-state index < -0.39 is 59.9 Å². The molecule has 0 aliphatic carbocycles. The van der Waals surface area contributed by atoms with E-state index in [1.807, 2.05) is 98.8 Å². The molecular formula is C50H58N8O6. The smallest absolute Gasteiger partial charge is 0.251 e. The number of fused-ring (bicyclic) bond motifs is 2. The number of likely N-dealkylation sites (N-methyl/N-ethyl adjacent to an activating group) is 2. The van der Waals surface area contributed by atoms with Crippen molar-refractivity contribution in [2.45, 2.75) is 102 Å². The molecule has 4 aromatic rings. The predicted molar refractivity (Wildman–Crippen MR) is 247 cm³/mol. The van der Waals surface area contributed by atoms with E-state index in [2.05, 4.69) is 43.7 Å². The molecule has 6 N–H and O–H groups in total. The Balaban J connectivity index is 1.27. The monoisotopic (exact) mass is 866 g/mol. The van der Waals surface area contributed by atoms with E-state index >= 15 is 0 Å². The molecule has 0 saturated carbocycles. The van der Waals surface area contributed by atoms with Gasteiger partial charge in [0.1, 0.15) is 24.2 Å². The van der Waals surface area contributed by atoms with E-state index in [0.717, 1.165) is 22.3 Å². The molecule has 0 aromatic heterocycles. The van der Waals surface area contributed by atoms with Crippen LogP contribution in [0.2, 0.25) is 0 Å². The summed E-state index contributed by atoms with van der Waals surface area (Å²) < 4.78 is 0. The molecule has 8 atom stereocenters. The molecule has 0 spiro atoms. The molecule has 2 aliphatic rings. The molecule has 2 aliphatic heterocycles. The number of nitrogens with one attached hydrogen (secondary N) is 6. The van der Waals surface area contributed by atoms with Crippen molar-refractivity contribution in [3.05, 3.63) is 131 Å². The van der Waals surface area contributed by atoms with Crippen molar-refractivity contribution in [3.63, 3.8) is 0 Å². The Hall–Kier alpha value is -6.82. The molecular weight excluding hydrogens is 809 g/mol. The molecule has 4 aromatic carbocycles. The molecule has 64 heavy (non-hydrogen) atoms. The number of hydrogen-bond acceptors (Lipinski definition) is 8. The fourth-order valence-electron chi connectivity index (χ4n) is 7.95. The van der Waals surface area contributed by atoms with Crippen LogP contribution in [-0.2, 0) is 41.6 Å². The highest BCUT2D eigenvalue weighted by atomic mass is 16.2. The van der Waals surface area contributed by atoms with Crippen LogP contribution < -0.4 is 41.7 Å². The van der Waals surface area contributed by atoms with E-state index in [0.29, 0.717) is 11.4 Å². The van der Waals surface area contributed by atoms with Crippen LogP contribution in [0.25, 0.3) is 0 Å². The van der Waals surface area contributed by atoms with Crippen LogP contribution in [0.1, 0.15) is 74.9 Å². The number of anilines is 2. The maximum absolute atomic E-state index is 14.8. The van der Waals surface area contributed by atoms with Crippen LogP contribution in [0.15, 0.2) is 109 Å². The summed E-state index contributed by atoms with van der Waals surface area (Å²) in [6.45, 7) is 7.07. The fraction of sp³-hybridized carbons (Fsp3) is 0.360. The lowest BCUT2D eigenvalue weighted by molar-refractivity contribution is -0.130. The molecule has 0 fully saturated rings. The summed E-state index contributed by atoms with van der Waals surface area (Å²) in [7, 11) is 3.26. The van der Waals surface area contributed by atoms with E-state index in [1.165, 1.54) is 9.80 Å². The van der Waals surface area contributed by atoms with Gasteiger partial charge in [-0.15, -0.1) is 11.8 Å². The van der Waals surface area contributed by atoms with Gasteiger partial charge in [0, 0.05) is 37.1 Å². The van der Waals surface area contributed by atoms with Crippen LogP contribution in [0, 0.1) is 11.8 Å². The fourth-order valence-corrected chi connectivity index (χ4v) is 7.95. The number of para-hydroxylation sites is 2. The van der Waals surface area contributed by atoms with Gasteiger partial charge in [-0.25, -0.2) is 0 Å². The second-order valence-corrected chi connectivity index (χ2v) is 16.3. The first kappa shape index (κ1) is 46.7.